The zero-order valence-corrected chi connectivity index (χ0v) is 14.2. The zero-order valence-electron chi connectivity index (χ0n) is 12.6. The molecule has 3 rings (SSSR count). The molecule has 2 saturated carbocycles. The van der Waals surface area contributed by atoms with Crippen molar-refractivity contribution in [3.63, 3.8) is 0 Å². The van der Waals surface area contributed by atoms with Gasteiger partial charge in [0.25, 0.3) is 0 Å². The molecule has 0 aliphatic heterocycles. The van der Waals surface area contributed by atoms with Crippen molar-refractivity contribution in [1.29, 1.82) is 0 Å². The first kappa shape index (κ1) is 14.4. The minimum atomic E-state index is 0.412. The molecular formula is C18H25BrO. The number of hydrogen-bond donors (Lipinski definition) is 0. The Morgan fingerprint density at radius 2 is 1.75 bits per heavy atom. The lowest BCUT2D eigenvalue weighted by molar-refractivity contribution is -0.0601. The van der Waals surface area contributed by atoms with Crippen LogP contribution in [-0.4, -0.2) is 10.9 Å². The van der Waals surface area contributed by atoms with Gasteiger partial charge in [-0.2, -0.15) is 0 Å². The fraction of sp³-hybridized carbons (Fsp3) is 0.667. The summed E-state index contributed by atoms with van der Waals surface area (Å²) in [6.07, 6.45) is 8.37. The van der Waals surface area contributed by atoms with Crippen LogP contribution < -0.4 is 4.74 Å². The van der Waals surface area contributed by atoms with Crippen LogP contribution in [0.4, 0.5) is 0 Å². The predicted molar refractivity (Wildman–Crippen MR) is 87.8 cm³/mol. The monoisotopic (exact) mass is 336 g/mol. The van der Waals surface area contributed by atoms with Crippen LogP contribution in [0.25, 0.3) is 0 Å². The van der Waals surface area contributed by atoms with E-state index >= 15 is 0 Å². The van der Waals surface area contributed by atoms with Gasteiger partial charge in [0.15, 0.2) is 0 Å². The molecule has 0 saturated heterocycles. The summed E-state index contributed by atoms with van der Waals surface area (Å²) in [6.45, 7) is 4.46. The molecule has 2 atom stereocenters. The summed E-state index contributed by atoms with van der Waals surface area (Å²) >= 11 is 3.88. The third-order valence-corrected chi connectivity index (χ3v) is 6.58. The molecule has 0 amide bonds. The average Bonchev–Trinajstić information content (AvgIpc) is 2.48. The molecule has 20 heavy (non-hydrogen) atoms. The van der Waals surface area contributed by atoms with Crippen LogP contribution in [0, 0.1) is 5.41 Å². The molecule has 0 aromatic heterocycles. The summed E-state index contributed by atoms with van der Waals surface area (Å²) in [4.78, 5) is 0.662. The number of halogens is 1. The van der Waals surface area contributed by atoms with E-state index in [1.54, 1.807) is 0 Å². The maximum atomic E-state index is 6.32. The molecule has 0 heterocycles. The van der Waals surface area contributed by atoms with Gasteiger partial charge >= 0.3 is 0 Å². The molecule has 0 N–H and O–H groups in total. The van der Waals surface area contributed by atoms with Crippen molar-refractivity contribution in [2.24, 2.45) is 5.41 Å². The summed E-state index contributed by atoms with van der Waals surface area (Å²) in [6, 6.07) is 8.70. The first-order valence-corrected chi connectivity index (χ1v) is 8.94. The smallest absolute Gasteiger partial charge is 0.119 e. The molecule has 2 heteroatoms. The van der Waals surface area contributed by atoms with Crippen LogP contribution in [0.15, 0.2) is 24.3 Å². The van der Waals surface area contributed by atoms with E-state index in [-0.39, 0.29) is 0 Å². The van der Waals surface area contributed by atoms with Gasteiger partial charge in [0, 0.05) is 10.2 Å². The Morgan fingerprint density at radius 1 is 1.10 bits per heavy atom. The minimum Gasteiger partial charge on any atom is -0.490 e. The zero-order chi connectivity index (χ0) is 14.2. The average molecular weight is 337 g/mol. The molecule has 1 nitrogen and oxygen atoms in total. The lowest BCUT2D eigenvalue weighted by Gasteiger charge is -2.55. The molecule has 2 unspecified atom stereocenters. The van der Waals surface area contributed by atoms with Crippen molar-refractivity contribution in [3.05, 3.63) is 29.8 Å². The Balaban J connectivity index is 1.68. The van der Waals surface area contributed by atoms with E-state index in [4.69, 9.17) is 4.74 Å². The Bertz CT molecular complexity index is 445. The fourth-order valence-electron chi connectivity index (χ4n) is 3.80. The highest BCUT2D eigenvalue weighted by Crippen LogP contribution is 2.56. The number of rotatable bonds is 3. The molecule has 2 aliphatic carbocycles. The number of benzene rings is 1. The number of ether oxygens (including phenoxy) is 1. The SMILES string of the molecule is CC(C)c1ccc(OC2CC(Br)C23CCCCC3)cc1. The first-order valence-electron chi connectivity index (χ1n) is 8.02. The predicted octanol–water partition coefficient (Wildman–Crippen LogP) is 5.68. The highest BCUT2D eigenvalue weighted by atomic mass is 79.9. The maximum Gasteiger partial charge on any atom is 0.119 e. The van der Waals surface area contributed by atoms with Crippen molar-refractivity contribution in [2.75, 3.05) is 0 Å². The van der Waals surface area contributed by atoms with Gasteiger partial charge in [0.2, 0.25) is 0 Å². The fourth-order valence-corrected chi connectivity index (χ4v) is 4.90. The van der Waals surface area contributed by atoms with Crippen LogP contribution in [0.5, 0.6) is 5.75 Å². The highest BCUT2D eigenvalue weighted by Gasteiger charge is 2.55. The van der Waals surface area contributed by atoms with E-state index in [1.807, 2.05) is 0 Å². The van der Waals surface area contributed by atoms with Crippen molar-refractivity contribution in [3.8, 4) is 5.75 Å². The summed E-state index contributed by atoms with van der Waals surface area (Å²) in [5.41, 5.74) is 1.80. The third-order valence-electron chi connectivity index (χ3n) is 5.30. The van der Waals surface area contributed by atoms with Crippen molar-refractivity contribution < 1.29 is 4.74 Å². The Labute approximate surface area is 131 Å². The first-order chi connectivity index (χ1) is 9.62. The number of hydrogen-bond acceptors (Lipinski definition) is 1. The van der Waals surface area contributed by atoms with Gasteiger partial charge in [-0.3, -0.25) is 0 Å². The van der Waals surface area contributed by atoms with Gasteiger partial charge in [-0.05, 0) is 42.9 Å². The minimum absolute atomic E-state index is 0.412. The van der Waals surface area contributed by atoms with E-state index in [9.17, 15) is 0 Å². The van der Waals surface area contributed by atoms with Crippen LogP contribution in [0.1, 0.15) is 63.9 Å². The summed E-state index contributed by atoms with van der Waals surface area (Å²) < 4.78 is 6.32. The molecule has 2 aliphatic rings. The van der Waals surface area contributed by atoms with Gasteiger partial charge in [-0.25, -0.2) is 0 Å². The molecule has 0 radical (unpaired) electrons. The standard InChI is InChI=1S/C18H25BrO/c1-13(2)14-6-8-15(9-7-14)20-17-12-16(19)18(17)10-4-3-5-11-18/h6-9,13,16-17H,3-5,10-12H2,1-2H3. The maximum absolute atomic E-state index is 6.32. The summed E-state index contributed by atoms with van der Waals surface area (Å²) in [7, 11) is 0. The van der Waals surface area contributed by atoms with E-state index in [0.29, 0.717) is 22.3 Å². The molecule has 0 bridgehead atoms. The summed E-state index contributed by atoms with van der Waals surface area (Å²) in [5.74, 6) is 1.63. The lowest BCUT2D eigenvalue weighted by Crippen LogP contribution is -2.57. The summed E-state index contributed by atoms with van der Waals surface area (Å²) in [5, 5.41) is 0. The Morgan fingerprint density at radius 3 is 2.30 bits per heavy atom. The largest absolute Gasteiger partial charge is 0.490 e. The van der Waals surface area contributed by atoms with Crippen LogP contribution in [0.2, 0.25) is 0 Å². The topological polar surface area (TPSA) is 9.23 Å². The van der Waals surface area contributed by atoms with Gasteiger partial charge in [0.1, 0.15) is 11.9 Å². The van der Waals surface area contributed by atoms with E-state index < -0.39 is 0 Å². The van der Waals surface area contributed by atoms with Gasteiger partial charge in [-0.1, -0.05) is 61.2 Å². The molecular weight excluding hydrogens is 312 g/mol. The highest BCUT2D eigenvalue weighted by molar-refractivity contribution is 9.09. The van der Waals surface area contributed by atoms with Gasteiger partial charge in [-0.15, -0.1) is 0 Å². The normalized spacial score (nSPS) is 28.4. The van der Waals surface area contributed by atoms with E-state index in [2.05, 4.69) is 54.0 Å². The second-order valence-corrected chi connectivity index (χ2v) is 7.93. The van der Waals surface area contributed by atoms with Gasteiger partial charge in [0.05, 0.1) is 0 Å². The molecule has 110 valence electrons. The molecule has 1 spiro atoms. The third kappa shape index (κ3) is 2.52. The quantitative estimate of drug-likeness (QED) is 0.645. The lowest BCUT2D eigenvalue weighted by atomic mass is 9.58. The van der Waals surface area contributed by atoms with E-state index in [0.717, 1.165) is 12.2 Å². The second-order valence-electron chi connectivity index (χ2n) is 6.83. The van der Waals surface area contributed by atoms with Crippen molar-refractivity contribution >= 4 is 15.9 Å². The van der Waals surface area contributed by atoms with Crippen molar-refractivity contribution in [2.45, 2.75) is 69.2 Å². The second kappa shape index (κ2) is 5.71. The van der Waals surface area contributed by atoms with Crippen molar-refractivity contribution in [1.82, 2.24) is 0 Å². The molecule has 1 aromatic rings. The van der Waals surface area contributed by atoms with Gasteiger partial charge < -0.3 is 4.74 Å². The van der Waals surface area contributed by atoms with Crippen LogP contribution in [-0.2, 0) is 0 Å². The number of alkyl halides is 1. The molecule has 2 fully saturated rings. The van der Waals surface area contributed by atoms with Crippen LogP contribution in [0.3, 0.4) is 0 Å². The Kier molecular flexibility index (Phi) is 4.12. The van der Waals surface area contributed by atoms with Crippen LogP contribution >= 0.6 is 15.9 Å². The molecule has 1 aromatic carbocycles. The Hall–Kier alpha value is -0.500. The van der Waals surface area contributed by atoms with E-state index in [1.165, 1.54) is 37.7 Å².